The van der Waals surface area contributed by atoms with Gasteiger partial charge in [-0.2, -0.15) is 11.8 Å². The van der Waals surface area contributed by atoms with Gasteiger partial charge in [-0.25, -0.2) is 0 Å². The van der Waals surface area contributed by atoms with Crippen molar-refractivity contribution < 1.29 is 0 Å². The number of nitrogens with one attached hydrogen (secondary N) is 1. The van der Waals surface area contributed by atoms with Crippen LogP contribution in [0.4, 0.5) is 0 Å². The Morgan fingerprint density at radius 1 is 1.33 bits per heavy atom. The molecule has 1 aromatic rings. The summed E-state index contributed by atoms with van der Waals surface area (Å²) in [7, 11) is 0. The molecule has 1 aliphatic heterocycles. The first kappa shape index (κ1) is 14.0. The van der Waals surface area contributed by atoms with E-state index >= 15 is 0 Å². The number of hydrogen-bond donors (Lipinski definition) is 1. The Morgan fingerprint density at radius 2 is 2.06 bits per heavy atom. The molecule has 0 saturated carbocycles. The average molecular weight is 263 g/mol. The van der Waals surface area contributed by atoms with Crippen molar-refractivity contribution in [1.82, 2.24) is 5.32 Å². The summed E-state index contributed by atoms with van der Waals surface area (Å²) in [6, 6.07) is 9.46. The molecular formula is C16H25NS. The summed E-state index contributed by atoms with van der Waals surface area (Å²) < 4.78 is 0.456. The van der Waals surface area contributed by atoms with Crippen LogP contribution in [0.25, 0.3) is 0 Å². The molecule has 0 aromatic heterocycles. The summed E-state index contributed by atoms with van der Waals surface area (Å²) in [5.74, 6) is 1.33. The quantitative estimate of drug-likeness (QED) is 0.849. The summed E-state index contributed by atoms with van der Waals surface area (Å²) in [6.07, 6.45) is 3.89. The summed E-state index contributed by atoms with van der Waals surface area (Å²) in [5, 5.41) is 3.77. The summed E-state index contributed by atoms with van der Waals surface area (Å²) >= 11 is 2.13. The second kappa shape index (κ2) is 6.12. The Labute approximate surface area is 116 Å². The molecule has 2 atom stereocenters. The maximum absolute atomic E-state index is 3.77. The number of aryl methyl sites for hydroxylation is 1. The van der Waals surface area contributed by atoms with Crippen molar-refractivity contribution in [2.24, 2.45) is 0 Å². The molecule has 2 heteroatoms. The van der Waals surface area contributed by atoms with Crippen molar-refractivity contribution in [2.45, 2.75) is 50.8 Å². The smallest absolute Gasteiger partial charge is 0.0318 e. The van der Waals surface area contributed by atoms with Crippen LogP contribution in [0.1, 0.15) is 50.3 Å². The Bertz CT molecular complexity index is 365. The SMILES string of the molecule is CCC(NCC1(C)CCCS1)c1ccc(C)cc1. The van der Waals surface area contributed by atoms with Crippen LogP contribution in [0.2, 0.25) is 0 Å². The number of thioether (sulfide) groups is 1. The normalized spacial score (nSPS) is 25.3. The van der Waals surface area contributed by atoms with E-state index in [9.17, 15) is 0 Å². The van der Waals surface area contributed by atoms with E-state index in [1.54, 1.807) is 0 Å². The van der Waals surface area contributed by atoms with Crippen LogP contribution in [-0.4, -0.2) is 17.0 Å². The van der Waals surface area contributed by atoms with Crippen molar-refractivity contribution >= 4 is 11.8 Å². The number of rotatable bonds is 5. The third-order valence-electron chi connectivity index (χ3n) is 3.91. The van der Waals surface area contributed by atoms with E-state index in [1.807, 2.05) is 0 Å². The first-order valence-corrected chi connectivity index (χ1v) is 8.05. The van der Waals surface area contributed by atoms with Crippen LogP contribution in [0, 0.1) is 6.92 Å². The lowest BCUT2D eigenvalue weighted by Crippen LogP contribution is -2.35. The van der Waals surface area contributed by atoms with Gasteiger partial charge in [0.1, 0.15) is 0 Å². The Balaban J connectivity index is 1.95. The lowest BCUT2D eigenvalue weighted by atomic mass is 10.0. The monoisotopic (exact) mass is 263 g/mol. The highest BCUT2D eigenvalue weighted by Crippen LogP contribution is 2.37. The molecule has 2 unspecified atom stereocenters. The molecule has 2 rings (SSSR count). The maximum atomic E-state index is 3.77. The number of hydrogen-bond acceptors (Lipinski definition) is 2. The summed E-state index contributed by atoms with van der Waals surface area (Å²) in [5.41, 5.74) is 2.77. The third kappa shape index (κ3) is 3.52. The standard InChI is InChI=1S/C16H25NS/c1-4-15(14-8-6-13(2)7-9-14)17-12-16(3)10-5-11-18-16/h6-9,15,17H,4-5,10-12H2,1-3H3. The van der Waals surface area contributed by atoms with Crippen molar-refractivity contribution in [3.8, 4) is 0 Å². The molecule has 0 aliphatic carbocycles. The van der Waals surface area contributed by atoms with Gasteiger partial charge in [0, 0.05) is 17.3 Å². The van der Waals surface area contributed by atoms with E-state index in [1.165, 1.54) is 29.7 Å². The van der Waals surface area contributed by atoms with Gasteiger partial charge < -0.3 is 5.32 Å². The molecule has 0 amide bonds. The van der Waals surface area contributed by atoms with Crippen molar-refractivity contribution in [2.75, 3.05) is 12.3 Å². The molecular weight excluding hydrogens is 238 g/mol. The van der Waals surface area contributed by atoms with Crippen LogP contribution in [0.15, 0.2) is 24.3 Å². The molecule has 0 spiro atoms. The third-order valence-corrected chi connectivity index (χ3v) is 5.45. The molecule has 1 nitrogen and oxygen atoms in total. The molecule has 1 heterocycles. The number of benzene rings is 1. The van der Waals surface area contributed by atoms with E-state index < -0.39 is 0 Å². The van der Waals surface area contributed by atoms with Crippen LogP contribution < -0.4 is 5.32 Å². The highest BCUT2D eigenvalue weighted by Gasteiger charge is 2.29. The van der Waals surface area contributed by atoms with Crippen LogP contribution in [0.5, 0.6) is 0 Å². The van der Waals surface area contributed by atoms with Gasteiger partial charge in [0.15, 0.2) is 0 Å². The Morgan fingerprint density at radius 3 is 2.61 bits per heavy atom. The van der Waals surface area contributed by atoms with Gasteiger partial charge in [-0.1, -0.05) is 36.8 Å². The molecule has 1 aliphatic rings. The van der Waals surface area contributed by atoms with Crippen molar-refractivity contribution in [1.29, 1.82) is 0 Å². The Hall–Kier alpha value is -0.470. The predicted molar refractivity (Wildman–Crippen MR) is 82.3 cm³/mol. The molecule has 1 fully saturated rings. The highest BCUT2D eigenvalue weighted by molar-refractivity contribution is 8.00. The zero-order chi connectivity index (χ0) is 13.0. The lowest BCUT2D eigenvalue weighted by Gasteiger charge is -2.27. The minimum atomic E-state index is 0.456. The van der Waals surface area contributed by atoms with Gasteiger partial charge in [-0.15, -0.1) is 0 Å². The van der Waals surface area contributed by atoms with E-state index in [0.717, 1.165) is 13.0 Å². The van der Waals surface area contributed by atoms with Gasteiger partial charge in [0.25, 0.3) is 0 Å². The predicted octanol–water partition coefficient (Wildman–Crippen LogP) is 4.32. The van der Waals surface area contributed by atoms with Crippen LogP contribution in [0.3, 0.4) is 0 Å². The minimum absolute atomic E-state index is 0.456. The molecule has 0 radical (unpaired) electrons. The topological polar surface area (TPSA) is 12.0 Å². The average Bonchev–Trinajstić information content (AvgIpc) is 2.79. The van der Waals surface area contributed by atoms with E-state index in [0.29, 0.717) is 10.8 Å². The fraction of sp³-hybridized carbons (Fsp3) is 0.625. The van der Waals surface area contributed by atoms with Crippen molar-refractivity contribution in [3.05, 3.63) is 35.4 Å². The fourth-order valence-electron chi connectivity index (χ4n) is 2.61. The van der Waals surface area contributed by atoms with Gasteiger partial charge in [-0.05, 0) is 44.4 Å². The lowest BCUT2D eigenvalue weighted by molar-refractivity contribution is 0.462. The zero-order valence-corrected chi connectivity index (χ0v) is 12.6. The van der Waals surface area contributed by atoms with Gasteiger partial charge in [0.2, 0.25) is 0 Å². The van der Waals surface area contributed by atoms with Gasteiger partial charge in [-0.3, -0.25) is 0 Å². The van der Waals surface area contributed by atoms with Gasteiger partial charge >= 0.3 is 0 Å². The highest BCUT2D eigenvalue weighted by atomic mass is 32.2. The largest absolute Gasteiger partial charge is 0.309 e. The maximum Gasteiger partial charge on any atom is 0.0318 e. The molecule has 100 valence electrons. The second-order valence-electron chi connectivity index (χ2n) is 5.65. The molecule has 0 bridgehead atoms. The van der Waals surface area contributed by atoms with E-state index in [-0.39, 0.29) is 0 Å². The second-order valence-corrected chi connectivity index (χ2v) is 7.34. The summed E-state index contributed by atoms with van der Waals surface area (Å²) in [4.78, 5) is 0. The summed E-state index contributed by atoms with van der Waals surface area (Å²) in [6.45, 7) is 7.94. The van der Waals surface area contributed by atoms with Crippen molar-refractivity contribution in [3.63, 3.8) is 0 Å². The zero-order valence-electron chi connectivity index (χ0n) is 11.8. The fourth-order valence-corrected chi connectivity index (χ4v) is 3.87. The molecule has 1 saturated heterocycles. The minimum Gasteiger partial charge on any atom is -0.309 e. The van der Waals surface area contributed by atoms with Gasteiger partial charge in [0.05, 0.1) is 0 Å². The Kier molecular flexibility index (Phi) is 4.74. The first-order chi connectivity index (χ1) is 8.63. The van der Waals surface area contributed by atoms with Crippen LogP contribution >= 0.6 is 11.8 Å². The van der Waals surface area contributed by atoms with Crippen LogP contribution in [-0.2, 0) is 0 Å². The first-order valence-electron chi connectivity index (χ1n) is 7.07. The van der Waals surface area contributed by atoms with E-state index in [4.69, 9.17) is 0 Å². The molecule has 1 aromatic carbocycles. The van der Waals surface area contributed by atoms with E-state index in [2.05, 4.69) is 62.1 Å². The molecule has 18 heavy (non-hydrogen) atoms. The molecule has 1 N–H and O–H groups in total.